The summed E-state index contributed by atoms with van der Waals surface area (Å²) in [5.41, 5.74) is 1.71. The summed E-state index contributed by atoms with van der Waals surface area (Å²) in [4.78, 5) is 27.2. The van der Waals surface area contributed by atoms with Crippen molar-refractivity contribution in [3.05, 3.63) is 48.0 Å². The molecule has 1 atom stereocenters. The van der Waals surface area contributed by atoms with Gasteiger partial charge in [0.2, 0.25) is 12.7 Å². The lowest BCUT2D eigenvalue weighted by Gasteiger charge is -2.39. The predicted octanol–water partition coefficient (Wildman–Crippen LogP) is 3.16. The highest BCUT2D eigenvalue weighted by molar-refractivity contribution is 8.01. The van der Waals surface area contributed by atoms with Crippen LogP contribution in [0.2, 0.25) is 0 Å². The van der Waals surface area contributed by atoms with Crippen LogP contribution in [0, 0.1) is 0 Å². The van der Waals surface area contributed by atoms with Crippen LogP contribution < -0.4 is 30.2 Å². The first kappa shape index (κ1) is 23.6. The Morgan fingerprint density at radius 3 is 2.69 bits per heavy atom. The summed E-state index contributed by atoms with van der Waals surface area (Å²) in [7, 11) is 0. The van der Waals surface area contributed by atoms with E-state index in [2.05, 4.69) is 16.0 Å². The van der Waals surface area contributed by atoms with Crippen LogP contribution in [-0.2, 0) is 11.3 Å². The molecule has 5 rings (SSSR count). The molecule has 1 unspecified atom stereocenters. The molecule has 1 spiro atoms. The van der Waals surface area contributed by atoms with Crippen LogP contribution in [0.15, 0.2) is 42.5 Å². The number of hydrogen-bond donors (Lipinski definition) is 3. The van der Waals surface area contributed by atoms with Crippen molar-refractivity contribution in [2.45, 2.75) is 37.2 Å². The molecule has 9 nitrogen and oxygen atoms in total. The number of likely N-dealkylation sites (tertiary alicyclic amines) is 1. The van der Waals surface area contributed by atoms with Crippen molar-refractivity contribution in [3.8, 4) is 17.2 Å². The first-order valence-corrected chi connectivity index (χ1v) is 12.9. The number of ether oxygens (including phenoxy) is 3. The SMILES string of the molecule is CCOc1ccc(NC(=O)N2CCC3(CC2)NC(C(=O)NCc2ccc4c(c2)OCO4)CS3)cc1. The van der Waals surface area contributed by atoms with Crippen molar-refractivity contribution >= 4 is 29.4 Å². The number of benzene rings is 2. The molecule has 3 heterocycles. The zero-order valence-corrected chi connectivity index (χ0v) is 20.5. The Morgan fingerprint density at radius 1 is 1.14 bits per heavy atom. The lowest BCUT2D eigenvalue weighted by Crippen LogP contribution is -2.54. The van der Waals surface area contributed by atoms with E-state index in [0.717, 1.165) is 35.6 Å². The summed E-state index contributed by atoms with van der Waals surface area (Å²) in [5, 5.41) is 9.53. The molecule has 2 aromatic rings. The Balaban J connectivity index is 1.07. The molecule has 0 aromatic heterocycles. The van der Waals surface area contributed by atoms with Gasteiger partial charge in [0, 0.05) is 31.1 Å². The molecule has 10 heteroatoms. The summed E-state index contributed by atoms with van der Waals surface area (Å²) in [6.45, 7) is 4.48. The van der Waals surface area contributed by atoms with Crippen molar-refractivity contribution in [2.75, 3.05) is 37.6 Å². The third-order valence-electron chi connectivity index (χ3n) is 6.46. The van der Waals surface area contributed by atoms with E-state index in [-0.39, 0.29) is 29.6 Å². The minimum atomic E-state index is -0.252. The first-order valence-electron chi connectivity index (χ1n) is 11.9. The molecule has 3 amide bonds. The van der Waals surface area contributed by atoms with Gasteiger partial charge in [0.25, 0.3) is 0 Å². The molecule has 0 saturated carbocycles. The number of carbonyl (C=O) groups is 2. The fourth-order valence-corrected chi connectivity index (χ4v) is 5.93. The molecule has 0 bridgehead atoms. The molecule has 3 N–H and O–H groups in total. The fraction of sp³-hybridized carbons (Fsp3) is 0.440. The van der Waals surface area contributed by atoms with Crippen LogP contribution in [0.3, 0.4) is 0 Å². The molecular formula is C25H30N4O5S. The Hall–Kier alpha value is -3.11. The van der Waals surface area contributed by atoms with E-state index in [1.165, 1.54) is 0 Å². The van der Waals surface area contributed by atoms with E-state index in [1.54, 1.807) is 11.8 Å². The Bertz CT molecular complexity index is 1070. The van der Waals surface area contributed by atoms with Gasteiger partial charge in [-0.1, -0.05) is 6.07 Å². The number of piperidine rings is 1. The van der Waals surface area contributed by atoms with Crippen LogP contribution in [0.5, 0.6) is 17.2 Å². The van der Waals surface area contributed by atoms with Gasteiger partial charge in [-0.2, -0.15) is 0 Å². The standard InChI is InChI=1S/C25H30N4O5S/c1-2-32-19-6-4-18(5-7-19)27-24(31)29-11-9-25(10-12-29)28-20(15-35-25)23(30)26-14-17-3-8-21-22(13-17)34-16-33-21/h3-8,13,20,28H,2,9-12,14-16H2,1H3,(H,26,30)(H,27,31). The molecule has 2 fully saturated rings. The molecule has 2 aromatic carbocycles. The van der Waals surface area contributed by atoms with Crippen molar-refractivity contribution in [2.24, 2.45) is 0 Å². The molecular weight excluding hydrogens is 468 g/mol. The predicted molar refractivity (Wildman–Crippen MR) is 134 cm³/mol. The number of amides is 3. The maximum atomic E-state index is 12.8. The second-order valence-corrected chi connectivity index (χ2v) is 10.2. The topological polar surface area (TPSA) is 101 Å². The third-order valence-corrected chi connectivity index (χ3v) is 8.04. The summed E-state index contributed by atoms with van der Waals surface area (Å²) in [5.74, 6) is 2.93. The number of fused-ring (bicyclic) bond motifs is 1. The van der Waals surface area contributed by atoms with Crippen LogP contribution in [0.4, 0.5) is 10.5 Å². The first-order chi connectivity index (χ1) is 17.0. The summed E-state index contributed by atoms with van der Waals surface area (Å²) in [6.07, 6.45) is 1.58. The minimum absolute atomic E-state index is 0.0114. The average molecular weight is 499 g/mol. The summed E-state index contributed by atoms with van der Waals surface area (Å²) < 4.78 is 16.2. The van der Waals surface area contributed by atoms with Gasteiger partial charge in [-0.3, -0.25) is 10.1 Å². The zero-order valence-electron chi connectivity index (χ0n) is 19.7. The maximum absolute atomic E-state index is 12.8. The monoisotopic (exact) mass is 498 g/mol. The van der Waals surface area contributed by atoms with Crippen LogP contribution >= 0.6 is 11.8 Å². The number of nitrogens with zero attached hydrogens (tertiary/aromatic N) is 1. The number of nitrogens with one attached hydrogen (secondary N) is 3. The fourth-order valence-electron chi connectivity index (χ4n) is 4.51. The summed E-state index contributed by atoms with van der Waals surface area (Å²) in [6, 6.07) is 12.7. The minimum Gasteiger partial charge on any atom is -0.494 e. The number of thioether (sulfide) groups is 1. The number of rotatable bonds is 6. The highest BCUT2D eigenvalue weighted by atomic mass is 32.2. The lowest BCUT2D eigenvalue weighted by atomic mass is 10.0. The smallest absolute Gasteiger partial charge is 0.321 e. The number of hydrogen-bond acceptors (Lipinski definition) is 7. The van der Waals surface area contributed by atoms with Gasteiger partial charge in [0.05, 0.1) is 17.5 Å². The molecule has 0 radical (unpaired) electrons. The van der Waals surface area contributed by atoms with E-state index in [9.17, 15) is 9.59 Å². The van der Waals surface area contributed by atoms with Gasteiger partial charge in [0.1, 0.15) is 5.75 Å². The number of anilines is 1. The Kier molecular flexibility index (Phi) is 6.92. The summed E-state index contributed by atoms with van der Waals surface area (Å²) >= 11 is 1.78. The maximum Gasteiger partial charge on any atom is 0.321 e. The second kappa shape index (κ2) is 10.2. The van der Waals surface area contributed by atoms with Crippen LogP contribution in [-0.4, -0.2) is 60.0 Å². The zero-order chi connectivity index (χ0) is 24.3. The number of carbonyl (C=O) groups excluding carboxylic acids is 2. The molecule has 35 heavy (non-hydrogen) atoms. The van der Waals surface area contributed by atoms with Gasteiger partial charge in [0.15, 0.2) is 11.5 Å². The van der Waals surface area contributed by atoms with Gasteiger partial charge in [-0.05, 0) is 61.7 Å². The van der Waals surface area contributed by atoms with Crippen molar-refractivity contribution in [1.29, 1.82) is 0 Å². The normalized spacial score (nSPS) is 20.0. The molecule has 0 aliphatic carbocycles. The molecule has 186 valence electrons. The largest absolute Gasteiger partial charge is 0.494 e. The van der Waals surface area contributed by atoms with Gasteiger partial charge in [-0.15, -0.1) is 11.8 Å². The van der Waals surface area contributed by atoms with E-state index in [0.29, 0.717) is 37.7 Å². The lowest BCUT2D eigenvalue weighted by molar-refractivity contribution is -0.122. The van der Waals surface area contributed by atoms with Crippen LogP contribution in [0.1, 0.15) is 25.3 Å². The highest BCUT2D eigenvalue weighted by Crippen LogP contribution is 2.39. The van der Waals surface area contributed by atoms with Crippen molar-refractivity contribution in [3.63, 3.8) is 0 Å². The van der Waals surface area contributed by atoms with Crippen molar-refractivity contribution in [1.82, 2.24) is 15.5 Å². The highest BCUT2D eigenvalue weighted by Gasteiger charge is 2.44. The van der Waals surface area contributed by atoms with E-state index in [1.807, 2.05) is 54.3 Å². The quantitative estimate of drug-likeness (QED) is 0.562. The van der Waals surface area contributed by atoms with Gasteiger partial charge in [-0.25, -0.2) is 4.79 Å². The Morgan fingerprint density at radius 2 is 1.91 bits per heavy atom. The third kappa shape index (κ3) is 5.43. The van der Waals surface area contributed by atoms with E-state index < -0.39 is 0 Å². The van der Waals surface area contributed by atoms with Crippen LogP contribution in [0.25, 0.3) is 0 Å². The van der Waals surface area contributed by atoms with E-state index in [4.69, 9.17) is 14.2 Å². The molecule has 3 aliphatic heterocycles. The average Bonchev–Trinajstić information content (AvgIpc) is 3.51. The van der Waals surface area contributed by atoms with Gasteiger partial charge < -0.3 is 29.7 Å². The Labute approximate surface area is 208 Å². The van der Waals surface area contributed by atoms with E-state index >= 15 is 0 Å². The van der Waals surface area contributed by atoms with Gasteiger partial charge >= 0.3 is 6.03 Å². The molecule has 3 aliphatic rings. The molecule has 2 saturated heterocycles. The second-order valence-electron chi connectivity index (χ2n) is 8.78. The number of urea groups is 1. The van der Waals surface area contributed by atoms with Crippen molar-refractivity contribution < 1.29 is 23.8 Å².